The van der Waals surface area contributed by atoms with Gasteiger partial charge in [-0.3, -0.25) is 0 Å². The SMILES string of the molecule is CCCCOc1ccc2c(oc3c(C)c(CO)ccc32)c1C. The standard InChI is InChI=1S/C19H22O3/c1-4-5-10-21-17-9-8-16-15-7-6-14(11-20)12(2)18(15)22-19(16)13(17)3/h6-9,20H,4-5,10-11H2,1-3H3. The van der Waals surface area contributed by atoms with Crippen LogP contribution in [0.15, 0.2) is 28.7 Å². The molecule has 3 nitrogen and oxygen atoms in total. The first kappa shape index (κ1) is 14.9. The van der Waals surface area contributed by atoms with Gasteiger partial charge in [0.1, 0.15) is 16.9 Å². The Kier molecular flexibility index (Phi) is 4.08. The fourth-order valence-electron chi connectivity index (χ4n) is 2.85. The average molecular weight is 298 g/mol. The van der Waals surface area contributed by atoms with Crippen LogP contribution in [-0.4, -0.2) is 11.7 Å². The fourth-order valence-corrected chi connectivity index (χ4v) is 2.85. The Bertz CT molecular complexity index is 815. The molecule has 1 heterocycles. The molecule has 116 valence electrons. The van der Waals surface area contributed by atoms with Gasteiger partial charge in [0.15, 0.2) is 0 Å². The summed E-state index contributed by atoms with van der Waals surface area (Å²) in [6.45, 7) is 6.94. The predicted octanol–water partition coefficient (Wildman–Crippen LogP) is 4.87. The number of hydrogen-bond acceptors (Lipinski definition) is 3. The summed E-state index contributed by atoms with van der Waals surface area (Å²) in [4.78, 5) is 0. The van der Waals surface area contributed by atoms with Crippen molar-refractivity contribution in [3.63, 3.8) is 0 Å². The summed E-state index contributed by atoms with van der Waals surface area (Å²) in [5.74, 6) is 0.889. The van der Waals surface area contributed by atoms with Gasteiger partial charge in [0.05, 0.1) is 13.2 Å². The molecule has 0 radical (unpaired) electrons. The van der Waals surface area contributed by atoms with Crippen molar-refractivity contribution in [3.8, 4) is 5.75 Å². The molecule has 0 fully saturated rings. The van der Waals surface area contributed by atoms with E-state index in [1.165, 1.54) is 0 Å². The molecule has 0 unspecified atom stereocenters. The average Bonchev–Trinajstić information content (AvgIpc) is 2.91. The maximum absolute atomic E-state index is 9.41. The largest absolute Gasteiger partial charge is 0.493 e. The van der Waals surface area contributed by atoms with Gasteiger partial charge in [-0.2, -0.15) is 0 Å². The number of rotatable bonds is 5. The van der Waals surface area contributed by atoms with Crippen LogP contribution in [-0.2, 0) is 6.61 Å². The minimum Gasteiger partial charge on any atom is -0.493 e. The van der Waals surface area contributed by atoms with Crippen molar-refractivity contribution >= 4 is 21.9 Å². The second-order valence-electron chi connectivity index (χ2n) is 5.75. The number of furan rings is 1. The van der Waals surface area contributed by atoms with Crippen LogP contribution in [0.3, 0.4) is 0 Å². The van der Waals surface area contributed by atoms with Crippen molar-refractivity contribution in [3.05, 3.63) is 41.0 Å². The highest BCUT2D eigenvalue weighted by molar-refractivity contribution is 6.07. The van der Waals surface area contributed by atoms with E-state index in [1.807, 2.05) is 32.0 Å². The fraction of sp³-hybridized carbons (Fsp3) is 0.368. The molecule has 0 saturated heterocycles. The van der Waals surface area contributed by atoms with Crippen molar-refractivity contribution in [2.45, 2.75) is 40.2 Å². The quantitative estimate of drug-likeness (QED) is 0.683. The van der Waals surface area contributed by atoms with Crippen LogP contribution in [0.4, 0.5) is 0 Å². The van der Waals surface area contributed by atoms with Crippen molar-refractivity contribution < 1.29 is 14.3 Å². The van der Waals surface area contributed by atoms with Gasteiger partial charge in [-0.15, -0.1) is 0 Å². The maximum Gasteiger partial charge on any atom is 0.142 e. The smallest absolute Gasteiger partial charge is 0.142 e. The van der Waals surface area contributed by atoms with Gasteiger partial charge in [-0.25, -0.2) is 0 Å². The number of benzene rings is 2. The van der Waals surface area contributed by atoms with E-state index in [4.69, 9.17) is 9.15 Å². The van der Waals surface area contributed by atoms with Crippen molar-refractivity contribution in [1.29, 1.82) is 0 Å². The molecule has 0 saturated carbocycles. The summed E-state index contributed by atoms with van der Waals surface area (Å²) in [6.07, 6.45) is 2.17. The highest BCUT2D eigenvalue weighted by Crippen LogP contribution is 2.37. The van der Waals surface area contributed by atoms with Gasteiger partial charge < -0.3 is 14.3 Å². The van der Waals surface area contributed by atoms with E-state index in [-0.39, 0.29) is 6.61 Å². The summed E-state index contributed by atoms with van der Waals surface area (Å²) < 4.78 is 12.0. The summed E-state index contributed by atoms with van der Waals surface area (Å²) >= 11 is 0. The van der Waals surface area contributed by atoms with Gasteiger partial charge in [0.25, 0.3) is 0 Å². The van der Waals surface area contributed by atoms with Crippen LogP contribution < -0.4 is 4.74 Å². The van der Waals surface area contributed by atoms with E-state index >= 15 is 0 Å². The number of aliphatic hydroxyl groups excluding tert-OH is 1. The van der Waals surface area contributed by atoms with E-state index in [1.54, 1.807) is 0 Å². The first-order valence-electron chi connectivity index (χ1n) is 7.85. The van der Waals surface area contributed by atoms with Crippen LogP contribution in [0.2, 0.25) is 0 Å². The zero-order valence-electron chi connectivity index (χ0n) is 13.4. The highest BCUT2D eigenvalue weighted by Gasteiger charge is 2.15. The van der Waals surface area contributed by atoms with Crippen LogP contribution >= 0.6 is 0 Å². The molecule has 3 heteroatoms. The molecule has 3 aromatic rings. The third kappa shape index (κ3) is 2.35. The highest BCUT2D eigenvalue weighted by atomic mass is 16.5. The molecule has 2 aromatic carbocycles. The number of aliphatic hydroxyl groups is 1. The zero-order valence-corrected chi connectivity index (χ0v) is 13.4. The van der Waals surface area contributed by atoms with Crippen LogP contribution in [0.25, 0.3) is 21.9 Å². The van der Waals surface area contributed by atoms with Gasteiger partial charge in [-0.1, -0.05) is 25.5 Å². The molecule has 0 bridgehead atoms. The molecule has 3 rings (SSSR count). The monoisotopic (exact) mass is 298 g/mol. The molecule has 1 N–H and O–H groups in total. The van der Waals surface area contributed by atoms with E-state index in [0.717, 1.165) is 63.8 Å². The maximum atomic E-state index is 9.41. The number of ether oxygens (including phenoxy) is 1. The van der Waals surface area contributed by atoms with E-state index in [0.29, 0.717) is 0 Å². The number of unbranched alkanes of at least 4 members (excludes halogenated alkanes) is 1. The Morgan fingerprint density at radius 1 is 1.00 bits per heavy atom. The Balaban J connectivity index is 2.14. The van der Waals surface area contributed by atoms with Gasteiger partial charge >= 0.3 is 0 Å². The summed E-state index contributed by atoms with van der Waals surface area (Å²) in [5.41, 5.74) is 4.68. The molecule has 0 aliphatic heterocycles. The minimum absolute atomic E-state index is 0.0309. The second kappa shape index (κ2) is 6.01. The predicted molar refractivity (Wildman–Crippen MR) is 89.5 cm³/mol. The van der Waals surface area contributed by atoms with E-state index in [2.05, 4.69) is 13.0 Å². The molecule has 0 atom stereocenters. The molecular formula is C19H22O3. The summed E-state index contributed by atoms with van der Waals surface area (Å²) in [6, 6.07) is 8.08. The zero-order chi connectivity index (χ0) is 15.7. The lowest BCUT2D eigenvalue weighted by molar-refractivity contribution is 0.281. The Morgan fingerprint density at radius 3 is 2.36 bits per heavy atom. The number of fused-ring (bicyclic) bond motifs is 3. The molecule has 22 heavy (non-hydrogen) atoms. The Labute approximate surface area is 130 Å². The molecular weight excluding hydrogens is 276 g/mol. The third-order valence-corrected chi connectivity index (χ3v) is 4.29. The van der Waals surface area contributed by atoms with Crippen molar-refractivity contribution in [2.75, 3.05) is 6.61 Å². The first-order chi connectivity index (χ1) is 10.7. The van der Waals surface area contributed by atoms with Crippen LogP contribution in [0, 0.1) is 13.8 Å². The minimum atomic E-state index is 0.0309. The van der Waals surface area contributed by atoms with E-state index in [9.17, 15) is 5.11 Å². The number of hydrogen-bond donors (Lipinski definition) is 1. The molecule has 0 aliphatic carbocycles. The molecule has 0 spiro atoms. The topological polar surface area (TPSA) is 42.6 Å². The lowest BCUT2D eigenvalue weighted by atomic mass is 10.0. The molecule has 1 aromatic heterocycles. The van der Waals surface area contributed by atoms with Crippen molar-refractivity contribution in [1.82, 2.24) is 0 Å². The summed E-state index contributed by atoms with van der Waals surface area (Å²) in [5, 5.41) is 11.6. The van der Waals surface area contributed by atoms with Crippen LogP contribution in [0.1, 0.15) is 36.5 Å². The lowest BCUT2D eigenvalue weighted by Crippen LogP contribution is -1.97. The summed E-state index contributed by atoms with van der Waals surface area (Å²) in [7, 11) is 0. The molecule has 0 amide bonds. The lowest BCUT2D eigenvalue weighted by Gasteiger charge is -2.08. The normalized spacial score (nSPS) is 11.5. The second-order valence-corrected chi connectivity index (χ2v) is 5.75. The van der Waals surface area contributed by atoms with Gasteiger partial charge in [0.2, 0.25) is 0 Å². The van der Waals surface area contributed by atoms with Gasteiger partial charge in [0, 0.05) is 16.3 Å². The number of aryl methyl sites for hydroxylation is 2. The van der Waals surface area contributed by atoms with Crippen molar-refractivity contribution in [2.24, 2.45) is 0 Å². The van der Waals surface area contributed by atoms with Gasteiger partial charge in [-0.05, 0) is 43.5 Å². The van der Waals surface area contributed by atoms with E-state index < -0.39 is 0 Å². The Hall–Kier alpha value is -2.00. The van der Waals surface area contributed by atoms with Crippen LogP contribution in [0.5, 0.6) is 5.75 Å². The molecule has 0 aliphatic rings. The third-order valence-electron chi connectivity index (χ3n) is 4.29. The first-order valence-corrected chi connectivity index (χ1v) is 7.85. The Morgan fingerprint density at radius 2 is 1.68 bits per heavy atom.